The second-order valence-corrected chi connectivity index (χ2v) is 7.77. The second kappa shape index (κ2) is 7.59. The van der Waals surface area contributed by atoms with Crippen molar-refractivity contribution < 1.29 is 19.8 Å². The van der Waals surface area contributed by atoms with Crippen molar-refractivity contribution in [1.29, 1.82) is 0 Å². The third-order valence-electron chi connectivity index (χ3n) is 2.54. The Morgan fingerprint density at radius 3 is 2.86 bits per heavy atom. The number of benzene rings is 1. The summed E-state index contributed by atoms with van der Waals surface area (Å²) in [7, 11) is 0. The number of nitrogens with one attached hydrogen (secondary N) is 1. The minimum atomic E-state index is -1.05. The van der Waals surface area contributed by atoms with E-state index in [9.17, 15) is 14.7 Å². The fraction of sp³-hybridized carbons (Fsp3) is 0.167. The van der Waals surface area contributed by atoms with E-state index < -0.39 is 17.1 Å². The normalized spacial score (nSPS) is 19.8. The minimum Gasteiger partial charge on any atom is -0.506 e. The summed E-state index contributed by atoms with van der Waals surface area (Å²) in [5.41, 5.74) is 0.511. The molecule has 3 N–H and O–H groups in total. The molecule has 1 aromatic rings. The summed E-state index contributed by atoms with van der Waals surface area (Å²) in [5, 5.41) is 28.3. The lowest BCUT2D eigenvalue weighted by molar-refractivity contribution is -0.138. The molecule has 0 aliphatic carbocycles. The lowest BCUT2D eigenvalue weighted by Gasteiger charge is -2.01. The van der Waals surface area contributed by atoms with E-state index in [0.29, 0.717) is 9.13 Å². The summed E-state index contributed by atoms with van der Waals surface area (Å²) in [6, 6.07) is 3.57. The van der Waals surface area contributed by atoms with Crippen molar-refractivity contribution in [1.82, 2.24) is 5.32 Å². The highest BCUT2D eigenvalue weighted by atomic mass is 127. The van der Waals surface area contributed by atoms with E-state index in [-0.39, 0.29) is 17.3 Å². The Morgan fingerprint density at radius 1 is 1.45 bits per heavy atom. The van der Waals surface area contributed by atoms with Gasteiger partial charge >= 0.3 is 5.97 Å². The molecule has 22 heavy (non-hydrogen) atoms. The van der Waals surface area contributed by atoms with Crippen LogP contribution in [-0.4, -0.2) is 38.7 Å². The van der Waals surface area contributed by atoms with E-state index in [1.807, 2.05) is 28.7 Å². The highest BCUT2D eigenvalue weighted by Gasteiger charge is 2.32. The van der Waals surface area contributed by atoms with Crippen LogP contribution in [0, 0.1) is 7.14 Å². The Labute approximate surface area is 156 Å². The first kappa shape index (κ1) is 17.5. The Hall–Kier alpha value is -0.890. The Bertz CT molecular complexity index is 693. The molecule has 2 rings (SSSR count). The van der Waals surface area contributed by atoms with Gasteiger partial charge in [0, 0.05) is 9.13 Å². The van der Waals surface area contributed by atoms with Gasteiger partial charge in [-0.2, -0.15) is 5.10 Å². The molecule has 1 aromatic carbocycles. The maximum absolute atomic E-state index is 11.5. The number of carboxylic acid groups (broad SMARTS) is 1. The van der Waals surface area contributed by atoms with Crippen molar-refractivity contribution in [3.8, 4) is 5.75 Å². The molecule has 1 amide bonds. The molecule has 1 fully saturated rings. The molecule has 1 aliphatic rings. The molecule has 0 bridgehead atoms. The lowest BCUT2D eigenvalue weighted by atomic mass is 10.2. The van der Waals surface area contributed by atoms with E-state index in [1.165, 1.54) is 6.21 Å². The maximum atomic E-state index is 11.5. The molecule has 1 atom stereocenters. The number of carbonyl (C=O) groups excluding carboxylic acids is 1. The quantitative estimate of drug-likeness (QED) is 0.305. The fourth-order valence-corrected chi connectivity index (χ4v) is 4.38. The highest BCUT2D eigenvalue weighted by molar-refractivity contribution is 14.1. The van der Waals surface area contributed by atoms with Crippen LogP contribution >= 0.6 is 56.9 Å². The summed E-state index contributed by atoms with van der Waals surface area (Å²) in [6.07, 6.45) is 1.11. The molecule has 0 spiro atoms. The number of halogens is 2. The molecule has 0 saturated carbocycles. The van der Waals surface area contributed by atoms with Crippen molar-refractivity contribution in [2.75, 3.05) is 0 Å². The number of hydrogen-bond acceptors (Lipinski definition) is 6. The Morgan fingerprint density at radius 2 is 2.18 bits per heavy atom. The molecular weight excluding hydrogens is 536 g/mol. The molecular formula is C12H9I2N3O4S. The van der Waals surface area contributed by atoms with Gasteiger partial charge < -0.3 is 15.5 Å². The molecule has 1 aliphatic heterocycles. The molecule has 116 valence electrons. The Kier molecular flexibility index (Phi) is 6.02. The summed E-state index contributed by atoms with van der Waals surface area (Å²) in [5.74, 6) is -1.33. The van der Waals surface area contributed by atoms with Gasteiger partial charge in [0.2, 0.25) is 5.91 Å². The number of carboxylic acids is 1. The SMILES string of the molecule is O=C(O)C[C@H]1SC(=NN=Cc2cc(I)cc(I)c2O)NC1=O. The zero-order valence-electron chi connectivity index (χ0n) is 10.8. The first-order valence-electron chi connectivity index (χ1n) is 5.85. The highest BCUT2D eigenvalue weighted by Crippen LogP contribution is 2.26. The number of thioether (sulfide) groups is 1. The van der Waals surface area contributed by atoms with Gasteiger partial charge in [0.15, 0.2) is 5.17 Å². The number of carbonyl (C=O) groups is 2. The number of amides is 1. The van der Waals surface area contributed by atoms with Gasteiger partial charge in [0.1, 0.15) is 11.0 Å². The molecule has 0 unspecified atom stereocenters. The van der Waals surface area contributed by atoms with Crippen LogP contribution in [0.15, 0.2) is 22.3 Å². The van der Waals surface area contributed by atoms with Gasteiger partial charge in [-0.15, -0.1) is 5.10 Å². The number of aromatic hydroxyl groups is 1. The average molecular weight is 545 g/mol. The fourth-order valence-electron chi connectivity index (χ4n) is 1.57. The first-order valence-corrected chi connectivity index (χ1v) is 8.89. The van der Waals surface area contributed by atoms with Gasteiger partial charge in [0.25, 0.3) is 0 Å². The molecule has 1 saturated heterocycles. The topological polar surface area (TPSA) is 111 Å². The molecule has 7 nitrogen and oxygen atoms in total. The van der Waals surface area contributed by atoms with Crippen LogP contribution in [0.25, 0.3) is 0 Å². The maximum Gasteiger partial charge on any atom is 0.305 e. The van der Waals surface area contributed by atoms with Gasteiger partial charge in [-0.3, -0.25) is 9.59 Å². The van der Waals surface area contributed by atoms with Crippen molar-refractivity contribution in [2.45, 2.75) is 11.7 Å². The standard InChI is InChI=1S/C12H9I2N3O4S/c13-6-1-5(10(20)7(14)2-6)4-15-17-12-16-11(21)8(22-12)3-9(18)19/h1-2,4,8,20H,3H2,(H,18,19)(H,16,17,21)/t8-/m1/s1. The van der Waals surface area contributed by atoms with Gasteiger partial charge in [-0.05, 0) is 57.3 Å². The predicted octanol–water partition coefficient (Wildman–Crippen LogP) is 2.00. The van der Waals surface area contributed by atoms with E-state index >= 15 is 0 Å². The number of rotatable bonds is 4. The molecule has 10 heteroatoms. The zero-order chi connectivity index (χ0) is 16.3. The summed E-state index contributed by atoms with van der Waals surface area (Å²) in [4.78, 5) is 22.1. The van der Waals surface area contributed by atoms with Crippen molar-refractivity contribution in [3.05, 3.63) is 24.8 Å². The lowest BCUT2D eigenvalue weighted by Crippen LogP contribution is -2.26. The number of phenols is 1. The van der Waals surface area contributed by atoms with E-state index in [0.717, 1.165) is 15.3 Å². The largest absolute Gasteiger partial charge is 0.506 e. The van der Waals surface area contributed by atoms with Gasteiger partial charge in [-0.25, -0.2) is 0 Å². The van der Waals surface area contributed by atoms with E-state index in [4.69, 9.17) is 5.11 Å². The van der Waals surface area contributed by atoms with Crippen molar-refractivity contribution >= 4 is 80.2 Å². The van der Waals surface area contributed by atoms with Crippen LogP contribution in [0.5, 0.6) is 5.75 Å². The van der Waals surface area contributed by atoms with Gasteiger partial charge in [-0.1, -0.05) is 11.8 Å². The smallest absolute Gasteiger partial charge is 0.305 e. The molecule has 0 aromatic heterocycles. The first-order chi connectivity index (χ1) is 10.4. The third kappa shape index (κ3) is 4.55. The van der Waals surface area contributed by atoms with Crippen molar-refractivity contribution in [2.24, 2.45) is 10.2 Å². The minimum absolute atomic E-state index is 0.108. The van der Waals surface area contributed by atoms with Crippen LogP contribution < -0.4 is 5.32 Å². The zero-order valence-corrected chi connectivity index (χ0v) is 15.9. The molecule has 1 heterocycles. The van der Waals surface area contributed by atoms with Crippen molar-refractivity contribution in [3.63, 3.8) is 0 Å². The predicted molar refractivity (Wildman–Crippen MR) is 100 cm³/mol. The second-order valence-electron chi connectivity index (χ2n) is 4.17. The summed E-state index contributed by atoms with van der Waals surface area (Å²) in [6.45, 7) is 0. The van der Waals surface area contributed by atoms with Gasteiger partial charge in [0.05, 0.1) is 16.2 Å². The molecule has 0 radical (unpaired) electrons. The number of phenolic OH excluding ortho intramolecular Hbond substituents is 1. The Balaban J connectivity index is 2.09. The van der Waals surface area contributed by atoms with Crippen LogP contribution in [0.2, 0.25) is 0 Å². The number of nitrogens with zero attached hydrogens (tertiary/aromatic N) is 2. The number of aliphatic carboxylic acids is 1. The van der Waals surface area contributed by atoms with Crippen LogP contribution in [0.3, 0.4) is 0 Å². The average Bonchev–Trinajstić information content (AvgIpc) is 2.75. The monoisotopic (exact) mass is 545 g/mol. The van der Waals surface area contributed by atoms with Crippen LogP contribution in [0.4, 0.5) is 0 Å². The summed E-state index contributed by atoms with van der Waals surface area (Å²) < 4.78 is 1.64. The van der Waals surface area contributed by atoms with E-state index in [1.54, 1.807) is 6.07 Å². The summed E-state index contributed by atoms with van der Waals surface area (Å²) >= 11 is 5.16. The van der Waals surface area contributed by atoms with Crippen LogP contribution in [0.1, 0.15) is 12.0 Å². The number of hydrogen-bond donors (Lipinski definition) is 3. The number of amidine groups is 1. The van der Waals surface area contributed by atoms with Crippen LogP contribution in [-0.2, 0) is 9.59 Å². The van der Waals surface area contributed by atoms with E-state index in [2.05, 4.69) is 38.1 Å². The third-order valence-corrected chi connectivity index (χ3v) is 5.06.